The topological polar surface area (TPSA) is 128 Å². The lowest BCUT2D eigenvalue weighted by atomic mass is 10.0. The van der Waals surface area contributed by atoms with Gasteiger partial charge in [-0.15, -0.1) is 0 Å². The number of nitrogens with zero attached hydrogens (tertiary/aromatic N) is 2. The molecule has 9 nitrogen and oxygen atoms in total. The highest BCUT2D eigenvalue weighted by molar-refractivity contribution is 7.85. The van der Waals surface area contributed by atoms with Gasteiger partial charge in [-0.2, -0.15) is 13.0 Å². The van der Waals surface area contributed by atoms with Crippen molar-refractivity contribution in [3.05, 3.63) is 107 Å². The summed E-state index contributed by atoms with van der Waals surface area (Å²) in [6, 6.07) is 28.2. The maximum atomic E-state index is 11.6. The summed E-state index contributed by atoms with van der Waals surface area (Å²) in [6.07, 6.45) is 5.69. The Hall–Kier alpha value is -4.07. The molecule has 0 amide bonds. The monoisotopic (exact) mass is 704 g/mol. The number of ether oxygens (including phenoxy) is 1. The minimum absolute atomic E-state index is 0.235. The lowest BCUT2D eigenvalue weighted by Crippen LogP contribution is -2.36. The molecule has 0 fully saturated rings. The number of benzene rings is 4. The predicted octanol–water partition coefficient (Wildman–Crippen LogP) is 7.15. The number of rotatable bonds is 13. The van der Waals surface area contributed by atoms with Crippen LogP contribution in [0.5, 0.6) is 5.75 Å². The first-order valence-electron chi connectivity index (χ1n) is 15.8. The van der Waals surface area contributed by atoms with Crippen LogP contribution < -0.4 is 14.2 Å². The molecule has 0 radical (unpaired) electrons. The molecule has 2 heterocycles. The number of fused-ring (bicyclic) bond motifs is 4. The summed E-state index contributed by atoms with van der Waals surface area (Å²) in [5.41, 5.74) is 4.90. The van der Waals surface area contributed by atoms with Crippen molar-refractivity contribution in [2.75, 3.05) is 23.0 Å². The molecule has 0 saturated heterocycles. The molecule has 48 heavy (non-hydrogen) atoms. The van der Waals surface area contributed by atoms with Crippen LogP contribution in [0, 0.1) is 0 Å². The smallest absolute Gasteiger partial charge is 0.265 e. The Balaban J connectivity index is 1.39. The summed E-state index contributed by atoms with van der Waals surface area (Å²) in [6.45, 7) is 2.90. The van der Waals surface area contributed by atoms with Crippen LogP contribution in [0.15, 0.2) is 102 Å². The van der Waals surface area contributed by atoms with Crippen molar-refractivity contribution in [3.63, 3.8) is 0 Å². The Morgan fingerprint density at radius 1 is 0.917 bits per heavy atom. The zero-order chi connectivity index (χ0) is 33.9. The quantitative estimate of drug-likeness (QED) is 0.0778. The molecule has 0 spiro atoms. The normalized spacial score (nSPS) is 14.6. The Morgan fingerprint density at radius 2 is 1.69 bits per heavy atom. The standard InChI is InChI=1S/C36H36N2O7S3/c1-2-26(24-35-38(20-10-22-48(42,43)44)36-30-14-7-6-13-28(30)16-18-33(36)46-35)23-34-37(19-8-9-21-47(39,40)41)31-25-29(15-17-32(31)45-34)27-11-4-3-5-12-27/h3-7,11-18,23-25H,2,8-10,19-22H2,1H3,(H-,39,40,41,42,43,44). The molecule has 0 saturated carbocycles. The number of aryl methyl sites for hydroxylation is 1. The van der Waals surface area contributed by atoms with Crippen molar-refractivity contribution in [2.24, 2.45) is 0 Å². The first kappa shape index (κ1) is 33.8. The number of aromatic nitrogens is 1. The molecule has 6 rings (SSSR count). The van der Waals surface area contributed by atoms with Crippen LogP contribution in [0.4, 0.5) is 5.69 Å². The second kappa shape index (κ2) is 14.2. The number of hydrogen-bond donors (Lipinski definition) is 1. The van der Waals surface area contributed by atoms with Crippen LogP contribution in [0.25, 0.3) is 38.2 Å². The van der Waals surface area contributed by atoms with E-state index in [1.54, 1.807) is 11.3 Å². The van der Waals surface area contributed by atoms with Gasteiger partial charge in [0, 0.05) is 30.9 Å². The van der Waals surface area contributed by atoms with E-state index in [1.165, 1.54) is 0 Å². The summed E-state index contributed by atoms with van der Waals surface area (Å²) in [5.74, 6) is 0.519. The van der Waals surface area contributed by atoms with Crippen LogP contribution in [-0.2, 0) is 26.8 Å². The third kappa shape index (κ3) is 7.96. The fraction of sp³-hybridized carbons (Fsp3) is 0.250. The molecule has 12 heteroatoms. The van der Waals surface area contributed by atoms with Gasteiger partial charge < -0.3 is 14.2 Å². The second-order valence-corrected chi connectivity index (χ2v) is 15.8. The van der Waals surface area contributed by atoms with E-state index in [-0.39, 0.29) is 18.6 Å². The zero-order valence-electron chi connectivity index (χ0n) is 26.4. The van der Waals surface area contributed by atoms with E-state index in [2.05, 4.69) is 34.9 Å². The van der Waals surface area contributed by atoms with Crippen molar-refractivity contribution >= 4 is 64.3 Å². The highest BCUT2D eigenvalue weighted by Crippen LogP contribution is 2.42. The second-order valence-electron chi connectivity index (χ2n) is 11.7. The number of thiazole rings is 1. The van der Waals surface area contributed by atoms with Gasteiger partial charge in [0.1, 0.15) is 4.70 Å². The van der Waals surface area contributed by atoms with Crippen molar-refractivity contribution in [2.45, 2.75) is 39.2 Å². The van der Waals surface area contributed by atoms with Crippen molar-refractivity contribution in [1.29, 1.82) is 0 Å². The zero-order valence-corrected chi connectivity index (χ0v) is 28.9. The van der Waals surface area contributed by atoms with Crippen LogP contribution in [0.1, 0.15) is 37.6 Å². The van der Waals surface area contributed by atoms with Gasteiger partial charge in [0.2, 0.25) is 11.4 Å². The van der Waals surface area contributed by atoms with Gasteiger partial charge in [-0.3, -0.25) is 4.55 Å². The SMILES string of the molecule is CC/C(C=C1Oc2ccc(-c3ccccc3)cc2N1CCCCS(=O)(=O)[O-])=C\c1sc2ccc3ccccc3c2[n+]1CCCS(=O)(=O)O. The van der Waals surface area contributed by atoms with Gasteiger partial charge in [-0.25, -0.2) is 8.42 Å². The minimum Gasteiger partial charge on any atom is -0.748 e. The van der Waals surface area contributed by atoms with E-state index in [0.717, 1.165) is 48.4 Å². The van der Waals surface area contributed by atoms with E-state index in [4.69, 9.17) is 4.74 Å². The third-order valence-corrected chi connectivity index (χ3v) is 11.0. The summed E-state index contributed by atoms with van der Waals surface area (Å²) < 4.78 is 76.0. The third-order valence-electron chi connectivity index (χ3n) is 8.29. The Bertz CT molecular complexity index is 2240. The average Bonchev–Trinajstić information content (AvgIpc) is 3.58. The Labute approximate surface area is 284 Å². The molecule has 5 aromatic rings. The lowest BCUT2D eigenvalue weighted by molar-refractivity contribution is -0.667. The van der Waals surface area contributed by atoms with E-state index in [0.29, 0.717) is 37.6 Å². The highest BCUT2D eigenvalue weighted by Gasteiger charge is 2.28. The van der Waals surface area contributed by atoms with Gasteiger partial charge in [0.25, 0.3) is 15.1 Å². The van der Waals surface area contributed by atoms with E-state index >= 15 is 0 Å². The molecular weight excluding hydrogens is 669 g/mol. The number of unbranched alkanes of at least 4 members (excludes halogenated alkanes) is 1. The van der Waals surface area contributed by atoms with E-state index < -0.39 is 26.0 Å². The molecule has 0 atom stereocenters. The van der Waals surface area contributed by atoms with Gasteiger partial charge >= 0.3 is 0 Å². The van der Waals surface area contributed by atoms with Crippen LogP contribution in [-0.4, -0.2) is 44.0 Å². The minimum atomic E-state index is -4.31. The maximum absolute atomic E-state index is 11.6. The van der Waals surface area contributed by atoms with Gasteiger partial charge in [0.15, 0.2) is 12.3 Å². The summed E-state index contributed by atoms with van der Waals surface area (Å²) in [5, 5.41) is 3.07. The highest BCUT2D eigenvalue weighted by atomic mass is 32.2. The van der Waals surface area contributed by atoms with E-state index in [1.807, 2.05) is 78.6 Å². The molecule has 1 aliphatic heterocycles. The molecule has 1 N–H and O–H groups in total. The number of allylic oxidation sites excluding steroid dienone is 2. The maximum Gasteiger partial charge on any atom is 0.265 e. The predicted molar refractivity (Wildman–Crippen MR) is 191 cm³/mol. The molecule has 0 unspecified atom stereocenters. The summed E-state index contributed by atoms with van der Waals surface area (Å²) in [7, 11) is -8.42. The Morgan fingerprint density at radius 3 is 2.44 bits per heavy atom. The van der Waals surface area contributed by atoms with Crippen LogP contribution >= 0.6 is 11.3 Å². The van der Waals surface area contributed by atoms with Crippen molar-refractivity contribution in [3.8, 4) is 16.9 Å². The molecule has 0 bridgehead atoms. The van der Waals surface area contributed by atoms with Crippen LogP contribution in [0.2, 0.25) is 0 Å². The van der Waals surface area contributed by atoms with Gasteiger partial charge in [-0.05, 0) is 65.6 Å². The fourth-order valence-electron chi connectivity index (χ4n) is 5.97. The molecule has 4 aromatic carbocycles. The average molecular weight is 705 g/mol. The summed E-state index contributed by atoms with van der Waals surface area (Å²) >= 11 is 1.61. The van der Waals surface area contributed by atoms with Crippen molar-refractivity contribution < 1.29 is 35.2 Å². The first-order chi connectivity index (χ1) is 23.0. The largest absolute Gasteiger partial charge is 0.748 e. The molecule has 0 aliphatic carbocycles. The van der Waals surface area contributed by atoms with Crippen molar-refractivity contribution in [1.82, 2.24) is 0 Å². The number of hydrogen-bond acceptors (Lipinski definition) is 8. The van der Waals surface area contributed by atoms with Crippen LogP contribution in [0.3, 0.4) is 0 Å². The molecular formula is C36H36N2O7S3. The fourth-order valence-corrected chi connectivity index (χ4v) is 8.20. The van der Waals surface area contributed by atoms with Gasteiger partial charge in [-0.1, -0.05) is 78.9 Å². The van der Waals surface area contributed by atoms with E-state index in [9.17, 15) is 25.9 Å². The Kier molecular flexibility index (Phi) is 10.00. The molecule has 1 aliphatic rings. The molecule has 250 valence electrons. The molecule has 1 aromatic heterocycles. The van der Waals surface area contributed by atoms with Gasteiger partial charge in [0.05, 0.1) is 26.9 Å². The first-order valence-corrected chi connectivity index (χ1v) is 19.8. The lowest BCUT2D eigenvalue weighted by Gasteiger charge is -2.19. The number of anilines is 1. The summed E-state index contributed by atoms with van der Waals surface area (Å²) in [4.78, 5) is 2.03.